The van der Waals surface area contributed by atoms with Crippen LogP contribution in [0.3, 0.4) is 0 Å². The molecule has 0 bridgehead atoms. The normalized spacial score (nSPS) is 12.8. The van der Waals surface area contributed by atoms with Crippen LogP contribution in [0.5, 0.6) is 11.5 Å². The summed E-state index contributed by atoms with van der Waals surface area (Å²) in [5.74, 6) is 1.69. The van der Waals surface area contributed by atoms with Gasteiger partial charge in [0.1, 0.15) is 18.1 Å². The second-order valence-electron chi connectivity index (χ2n) is 8.97. The first-order valence-electron chi connectivity index (χ1n) is 12.6. The van der Waals surface area contributed by atoms with Gasteiger partial charge in [-0.2, -0.15) is 20.2 Å². The lowest BCUT2D eigenvalue weighted by molar-refractivity contribution is 0.135. The predicted octanol–water partition coefficient (Wildman–Crippen LogP) is 5.51. The van der Waals surface area contributed by atoms with Gasteiger partial charge in [0.15, 0.2) is 0 Å². The van der Waals surface area contributed by atoms with Crippen LogP contribution in [-0.2, 0) is 33.6 Å². The third kappa shape index (κ3) is 11.2. The van der Waals surface area contributed by atoms with Gasteiger partial charge >= 0.3 is 6.09 Å². The van der Waals surface area contributed by atoms with Crippen molar-refractivity contribution in [2.75, 3.05) is 20.0 Å². The van der Waals surface area contributed by atoms with Crippen molar-refractivity contribution in [2.24, 2.45) is 0 Å². The Labute approximate surface area is 234 Å². The molecule has 0 aliphatic rings. The molecule has 3 aromatic carbocycles. The molecule has 3 rings (SSSR count). The molecule has 0 saturated heterocycles. The molecule has 3 aromatic rings. The maximum Gasteiger partial charge on any atom is 0.407 e. The van der Waals surface area contributed by atoms with E-state index in [4.69, 9.17) is 14.2 Å². The molecule has 0 spiro atoms. The van der Waals surface area contributed by atoms with E-state index in [1.165, 1.54) is 0 Å². The number of carbonyl (C=O) groups excluding carboxylic acids is 1. The maximum absolute atomic E-state index is 12.8. The quantitative estimate of drug-likeness (QED) is 0.229. The molecule has 2 unspecified atom stereocenters. The molecule has 2 atom stereocenters. The van der Waals surface area contributed by atoms with Gasteiger partial charge < -0.3 is 19.5 Å². The van der Waals surface area contributed by atoms with E-state index in [9.17, 15) is 17.8 Å². The van der Waals surface area contributed by atoms with Crippen LogP contribution in [0, 0.1) is 0 Å². The van der Waals surface area contributed by atoms with Gasteiger partial charge in [-0.25, -0.2) is 4.79 Å². The lowest BCUT2D eigenvalue weighted by atomic mass is 10.0. The van der Waals surface area contributed by atoms with E-state index in [-0.39, 0.29) is 18.3 Å². The minimum Gasteiger partial charge on any atom is -0.497 e. The summed E-state index contributed by atoms with van der Waals surface area (Å²) in [4.78, 5) is 12.8. The van der Waals surface area contributed by atoms with Crippen LogP contribution in [0.2, 0.25) is 0 Å². The predicted molar refractivity (Wildman–Crippen MR) is 154 cm³/mol. The summed E-state index contributed by atoms with van der Waals surface area (Å²) in [6.45, 7) is 0.0905. The van der Waals surface area contributed by atoms with Crippen molar-refractivity contribution in [1.82, 2.24) is 5.32 Å². The van der Waals surface area contributed by atoms with Crippen LogP contribution < -0.4 is 14.8 Å². The van der Waals surface area contributed by atoms with Gasteiger partial charge in [0.2, 0.25) is 0 Å². The van der Waals surface area contributed by atoms with Crippen molar-refractivity contribution in [1.29, 1.82) is 0 Å². The summed E-state index contributed by atoms with van der Waals surface area (Å²) in [5.41, 5.74) is 2.99. The molecule has 0 saturated carbocycles. The molecule has 39 heavy (non-hydrogen) atoms. The lowest BCUT2D eigenvalue weighted by Gasteiger charge is -2.28. The highest BCUT2D eigenvalue weighted by Crippen LogP contribution is 2.28. The average molecular weight is 574 g/mol. The van der Waals surface area contributed by atoms with Crippen molar-refractivity contribution in [3.63, 3.8) is 0 Å². The highest BCUT2D eigenvalue weighted by Gasteiger charge is 2.26. The van der Waals surface area contributed by atoms with Crippen LogP contribution in [-0.4, -0.2) is 50.3 Å². The van der Waals surface area contributed by atoms with Gasteiger partial charge in [-0.05, 0) is 60.2 Å². The van der Waals surface area contributed by atoms with Crippen LogP contribution in [0.4, 0.5) is 4.79 Å². The zero-order valence-corrected chi connectivity index (χ0v) is 23.7. The third-order valence-corrected chi connectivity index (χ3v) is 8.40. The Hall–Kier alpha value is -3.21. The van der Waals surface area contributed by atoms with Gasteiger partial charge in [-0.1, -0.05) is 54.6 Å². The summed E-state index contributed by atoms with van der Waals surface area (Å²) in [5, 5.41) is 2.70. The molecular weight excluding hydrogens is 538 g/mol. The fourth-order valence-electron chi connectivity index (χ4n) is 3.97. The number of hydrogen-bond acceptors (Lipinski definition) is 7. The summed E-state index contributed by atoms with van der Waals surface area (Å²) >= 11 is 1.62. The van der Waals surface area contributed by atoms with E-state index >= 15 is 0 Å². The van der Waals surface area contributed by atoms with E-state index in [1.807, 2.05) is 78.9 Å². The third-order valence-electron chi connectivity index (χ3n) is 6.15. The summed E-state index contributed by atoms with van der Waals surface area (Å²) in [6.07, 6.45) is 0.761. The lowest BCUT2D eigenvalue weighted by Crippen LogP contribution is -2.43. The Bertz CT molecular complexity index is 1200. The van der Waals surface area contributed by atoms with Gasteiger partial charge in [0.25, 0.3) is 10.1 Å². The molecule has 0 aliphatic heterocycles. The Morgan fingerprint density at radius 2 is 1.44 bits per heavy atom. The standard InChI is InChI=1S/C29H35NO7S2/c1-35-25-13-8-22(9-14-25)12-17-28(38-21-24-10-15-26(36-2)16-11-24)27(18-19-39(32,33)34)30-29(31)37-20-23-6-4-3-5-7-23/h3-11,13-16,27-28H,12,17-21H2,1-2H3,(H,30,31)(H,32,33,34). The molecule has 1 amide bonds. The number of benzene rings is 3. The number of amides is 1. The van der Waals surface area contributed by atoms with E-state index in [0.29, 0.717) is 18.6 Å². The van der Waals surface area contributed by atoms with E-state index in [0.717, 1.165) is 28.2 Å². The van der Waals surface area contributed by atoms with Gasteiger partial charge in [-0.15, -0.1) is 0 Å². The minimum atomic E-state index is -4.22. The monoisotopic (exact) mass is 573 g/mol. The fourth-order valence-corrected chi connectivity index (χ4v) is 5.84. The highest BCUT2D eigenvalue weighted by molar-refractivity contribution is 7.99. The number of aryl methyl sites for hydroxylation is 1. The van der Waals surface area contributed by atoms with Crippen LogP contribution >= 0.6 is 11.8 Å². The number of nitrogens with one attached hydrogen (secondary N) is 1. The summed E-state index contributed by atoms with van der Waals surface area (Å²) in [6, 6.07) is 24.2. The molecule has 210 valence electrons. The summed E-state index contributed by atoms with van der Waals surface area (Å²) in [7, 11) is -0.996. The molecule has 8 nitrogen and oxygen atoms in total. The van der Waals surface area contributed by atoms with E-state index in [2.05, 4.69) is 5.32 Å². The number of thioether (sulfide) groups is 1. The van der Waals surface area contributed by atoms with Crippen LogP contribution in [0.25, 0.3) is 0 Å². The number of rotatable bonds is 15. The number of methoxy groups -OCH3 is 2. The zero-order valence-electron chi connectivity index (χ0n) is 22.1. The molecule has 10 heteroatoms. The van der Waals surface area contributed by atoms with Crippen molar-refractivity contribution in [3.05, 3.63) is 95.6 Å². The first-order valence-corrected chi connectivity index (χ1v) is 15.2. The van der Waals surface area contributed by atoms with Gasteiger partial charge in [0.05, 0.1) is 20.0 Å². The van der Waals surface area contributed by atoms with Crippen molar-refractivity contribution < 1.29 is 32.0 Å². The second kappa shape index (κ2) is 15.4. The molecular formula is C29H35NO7S2. The van der Waals surface area contributed by atoms with Crippen molar-refractivity contribution in [2.45, 2.75) is 42.9 Å². The Kier molecular flexibility index (Phi) is 12.0. The zero-order chi connectivity index (χ0) is 28.1. The van der Waals surface area contributed by atoms with E-state index in [1.54, 1.807) is 26.0 Å². The highest BCUT2D eigenvalue weighted by atomic mass is 32.2. The topological polar surface area (TPSA) is 111 Å². The molecule has 0 aliphatic carbocycles. The first-order chi connectivity index (χ1) is 18.8. The first kappa shape index (κ1) is 30.3. The summed E-state index contributed by atoms with van der Waals surface area (Å²) < 4.78 is 48.6. The van der Waals surface area contributed by atoms with Crippen LogP contribution in [0.15, 0.2) is 78.9 Å². The van der Waals surface area contributed by atoms with Crippen molar-refractivity contribution >= 4 is 28.0 Å². The fraction of sp³-hybridized carbons (Fsp3) is 0.345. The molecule has 2 N–H and O–H groups in total. The number of alkyl carbamates (subject to hydrolysis) is 1. The second-order valence-corrected chi connectivity index (χ2v) is 11.8. The molecule has 0 radical (unpaired) electrons. The maximum atomic E-state index is 12.8. The molecule has 0 fully saturated rings. The SMILES string of the molecule is COc1ccc(CCC(SCc2ccc(OC)cc2)C(CCS(=O)(=O)O)NC(=O)OCc2ccccc2)cc1. The number of ether oxygens (including phenoxy) is 3. The van der Waals surface area contributed by atoms with Crippen molar-refractivity contribution in [3.8, 4) is 11.5 Å². The van der Waals surface area contributed by atoms with Crippen LogP contribution in [0.1, 0.15) is 29.5 Å². The minimum absolute atomic E-state index is 0.0438. The van der Waals surface area contributed by atoms with E-state index < -0.39 is 28.0 Å². The number of carbonyl (C=O) groups is 1. The average Bonchev–Trinajstić information content (AvgIpc) is 2.95. The molecule has 0 heterocycles. The van der Waals surface area contributed by atoms with Gasteiger partial charge in [0, 0.05) is 17.0 Å². The number of hydrogen-bond donors (Lipinski definition) is 2. The largest absolute Gasteiger partial charge is 0.497 e. The Morgan fingerprint density at radius 3 is 2.00 bits per heavy atom. The van der Waals surface area contributed by atoms with Gasteiger partial charge in [-0.3, -0.25) is 4.55 Å². The molecule has 0 aromatic heterocycles. The Balaban J connectivity index is 1.75. The smallest absolute Gasteiger partial charge is 0.407 e. The Morgan fingerprint density at radius 1 is 0.846 bits per heavy atom.